The highest BCUT2D eigenvalue weighted by Crippen LogP contribution is 2.41. The maximum absolute atomic E-state index is 11.8. The quantitative estimate of drug-likeness (QED) is 0.496. The highest BCUT2D eigenvalue weighted by molar-refractivity contribution is 8.32. The van der Waals surface area contributed by atoms with Gasteiger partial charge in [-0.2, -0.15) is 0 Å². The summed E-state index contributed by atoms with van der Waals surface area (Å²) < 4.78 is 22.5. The third kappa shape index (κ3) is 6.47. The molecule has 2 heterocycles. The van der Waals surface area contributed by atoms with Gasteiger partial charge in [0.25, 0.3) is 5.69 Å². The van der Waals surface area contributed by atoms with Crippen molar-refractivity contribution in [3.05, 3.63) is 33.4 Å². The van der Waals surface area contributed by atoms with Crippen LogP contribution in [0.15, 0.2) is 12.1 Å². The van der Waals surface area contributed by atoms with Crippen molar-refractivity contribution in [2.24, 2.45) is 0 Å². The van der Waals surface area contributed by atoms with Gasteiger partial charge < -0.3 is 24.3 Å². The number of alkyl carbamates (subject to hydrolysis) is 1. The number of amides is 1. The number of nitrogens with one attached hydrogen (secondary N) is 1. The summed E-state index contributed by atoms with van der Waals surface area (Å²) in [5, 5.41) is 14.3. The number of fused-ring (bicyclic) bond motifs is 1. The van der Waals surface area contributed by atoms with E-state index < -0.39 is 22.4 Å². The number of carbonyl (C=O) groups is 1. The van der Waals surface area contributed by atoms with Crippen LogP contribution < -0.4 is 10.1 Å². The minimum absolute atomic E-state index is 0.0541. The van der Waals surface area contributed by atoms with Gasteiger partial charge in [0.15, 0.2) is 6.29 Å². The molecule has 174 valence electrons. The van der Waals surface area contributed by atoms with Gasteiger partial charge in [-0.3, -0.25) is 10.1 Å². The number of hydrogen-bond donors (Lipinski definition) is 1. The third-order valence-electron chi connectivity index (χ3n) is 5.16. The molecule has 3 rings (SSSR count). The zero-order valence-corrected chi connectivity index (χ0v) is 19.6. The number of benzene rings is 1. The first kappa shape index (κ1) is 23.6. The fourth-order valence-electron chi connectivity index (χ4n) is 3.58. The molecule has 1 amide bonds. The molecule has 1 saturated heterocycles. The van der Waals surface area contributed by atoms with Crippen molar-refractivity contribution in [1.82, 2.24) is 5.32 Å². The second-order valence-corrected chi connectivity index (χ2v) is 14.0. The van der Waals surface area contributed by atoms with Crippen LogP contribution in [0.4, 0.5) is 10.5 Å². The van der Waals surface area contributed by atoms with Gasteiger partial charge in [0.1, 0.15) is 18.0 Å². The van der Waals surface area contributed by atoms with Crippen molar-refractivity contribution in [3.63, 3.8) is 0 Å². The molecule has 2 aliphatic heterocycles. The summed E-state index contributed by atoms with van der Waals surface area (Å²) in [7, 11) is -0.719. The first-order valence-corrected chi connectivity index (χ1v) is 13.3. The molecule has 1 aromatic carbocycles. The Morgan fingerprint density at radius 2 is 1.97 bits per heavy atom. The molecular weight excluding hydrogens is 424 g/mol. The first-order chi connectivity index (χ1) is 14.4. The number of ether oxygens (including phenoxy) is 4. The fraction of sp³-hybridized carbons (Fsp3) is 0.667. The van der Waals surface area contributed by atoms with Gasteiger partial charge in [0.05, 0.1) is 24.7 Å². The molecule has 1 fully saturated rings. The number of nitro groups is 1. The van der Waals surface area contributed by atoms with E-state index in [0.717, 1.165) is 11.3 Å². The van der Waals surface area contributed by atoms with Crippen LogP contribution in [0.25, 0.3) is 0 Å². The predicted octanol–water partition coefficient (Wildman–Crippen LogP) is 3.19. The summed E-state index contributed by atoms with van der Waals surface area (Å²) in [4.78, 5) is 23.1. The highest BCUT2D eigenvalue weighted by atomic mass is 32.3. The maximum Gasteiger partial charge on any atom is 0.407 e. The van der Waals surface area contributed by atoms with Gasteiger partial charge in [-0.15, -0.1) is 0 Å². The third-order valence-corrected chi connectivity index (χ3v) is 6.55. The lowest BCUT2D eigenvalue weighted by Crippen LogP contribution is -2.40. The van der Waals surface area contributed by atoms with Gasteiger partial charge in [0, 0.05) is 35.3 Å². The lowest BCUT2D eigenvalue weighted by Gasteiger charge is -2.29. The normalized spacial score (nSPS) is 22.9. The molecule has 31 heavy (non-hydrogen) atoms. The van der Waals surface area contributed by atoms with Gasteiger partial charge in [-0.1, -0.05) is 0 Å². The second-order valence-electron chi connectivity index (χ2n) is 9.42. The zero-order chi connectivity index (χ0) is 22.8. The summed E-state index contributed by atoms with van der Waals surface area (Å²) in [5.41, 5.74) is 1.05. The van der Waals surface area contributed by atoms with Crippen LogP contribution in [0.1, 0.15) is 30.9 Å². The summed E-state index contributed by atoms with van der Waals surface area (Å²) in [6.45, 7) is 4.93. The van der Waals surface area contributed by atoms with E-state index in [4.69, 9.17) is 18.9 Å². The van der Waals surface area contributed by atoms with Crippen LogP contribution in [-0.2, 0) is 20.6 Å². The van der Waals surface area contributed by atoms with Crippen molar-refractivity contribution in [1.29, 1.82) is 0 Å². The van der Waals surface area contributed by atoms with Crippen LogP contribution in [0.3, 0.4) is 0 Å². The summed E-state index contributed by atoms with van der Waals surface area (Å²) in [6, 6.07) is 3.34. The van der Waals surface area contributed by atoms with Gasteiger partial charge in [-0.25, -0.2) is 14.8 Å². The Labute approximate surface area is 184 Å². The highest BCUT2D eigenvalue weighted by Gasteiger charge is 2.36. The molecule has 10 heteroatoms. The first-order valence-electron chi connectivity index (χ1n) is 10.2. The molecule has 9 nitrogen and oxygen atoms in total. The Hall–Kier alpha value is -2.04. The van der Waals surface area contributed by atoms with Crippen molar-refractivity contribution in [2.75, 3.05) is 50.9 Å². The monoisotopic (exact) mass is 456 g/mol. The molecule has 0 atom stereocenters. The van der Waals surface area contributed by atoms with Crippen LogP contribution in [-0.4, -0.2) is 73.8 Å². The van der Waals surface area contributed by atoms with Crippen molar-refractivity contribution in [2.45, 2.75) is 38.1 Å². The molecule has 1 aromatic rings. The summed E-state index contributed by atoms with van der Waals surface area (Å²) in [6.07, 6.45) is 5.97. The summed E-state index contributed by atoms with van der Waals surface area (Å²) in [5.74, 6) is 1.23. The van der Waals surface area contributed by atoms with Gasteiger partial charge in [0.2, 0.25) is 0 Å². The van der Waals surface area contributed by atoms with E-state index in [-0.39, 0.29) is 41.9 Å². The molecule has 0 spiro atoms. The Morgan fingerprint density at radius 3 is 2.58 bits per heavy atom. The topological polar surface area (TPSA) is 109 Å². The van der Waals surface area contributed by atoms with Crippen LogP contribution in [0, 0.1) is 10.1 Å². The Balaban J connectivity index is 1.53. The lowest BCUT2D eigenvalue weighted by atomic mass is 9.94. The minimum Gasteiger partial charge on any atom is -0.487 e. The lowest BCUT2D eigenvalue weighted by molar-refractivity contribution is -0.386. The Morgan fingerprint density at radius 1 is 1.29 bits per heavy atom. The SMILES string of the molecule is CC1(C)Cc2cc([N+](=O)[O-])c([C@H]3CO[C@@H](CNC(=O)OCCS(C)(C)C)OC3)cc2O1. The number of carbonyl (C=O) groups excluding carboxylic acids is 1. The average Bonchev–Trinajstić information content (AvgIpc) is 2.97. The molecule has 0 unspecified atom stereocenters. The van der Waals surface area contributed by atoms with E-state index in [1.165, 1.54) is 0 Å². The van der Waals surface area contributed by atoms with Crippen LogP contribution in [0.5, 0.6) is 5.75 Å². The van der Waals surface area contributed by atoms with Crippen LogP contribution in [0.2, 0.25) is 0 Å². The standard InChI is InChI=1S/C21H32N2O7S/c1-21(2)10-14-8-17(23(25)26)16(9-18(14)30-21)15-12-28-19(29-13-15)11-22-20(24)27-6-7-31(3,4)5/h8-9,15,19H,6-7,10-13H2,1-5H3,(H,22,24)/t15-,19+. The molecule has 2 aliphatic rings. The number of nitrogens with zero attached hydrogens (tertiary/aromatic N) is 1. The predicted molar refractivity (Wildman–Crippen MR) is 120 cm³/mol. The van der Waals surface area contributed by atoms with Crippen molar-refractivity contribution in [3.8, 4) is 5.75 Å². The smallest absolute Gasteiger partial charge is 0.407 e. The second kappa shape index (κ2) is 9.22. The van der Waals surface area contributed by atoms with E-state index in [0.29, 0.717) is 24.3 Å². The number of rotatable bonds is 7. The van der Waals surface area contributed by atoms with Crippen molar-refractivity contribution >= 4 is 21.8 Å². The van der Waals surface area contributed by atoms with E-state index in [1.807, 2.05) is 13.8 Å². The Kier molecular flexibility index (Phi) is 7.02. The minimum atomic E-state index is -0.719. The molecule has 0 saturated carbocycles. The Bertz CT molecular complexity index is 830. The maximum atomic E-state index is 11.8. The number of hydrogen-bond acceptors (Lipinski definition) is 7. The molecule has 0 radical (unpaired) electrons. The number of nitro benzene ring substituents is 1. The fourth-order valence-corrected chi connectivity index (χ4v) is 4.16. The zero-order valence-electron chi connectivity index (χ0n) is 18.8. The van der Waals surface area contributed by atoms with E-state index in [9.17, 15) is 14.9 Å². The largest absolute Gasteiger partial charge is 0.487 e. The van der Waals surface area contributed by atoms with Crippen LogP contribution >= 0.6 is 10.0 Å². The van der Waals surface area contributed by atoms with E-state index in [2.05, 4.69) is 24.1 Å². The van der Waals surface area contributed by atoms with Crippen molar-refractivity contribution < 1.29 is 28.7 Å². The molecule has 0 aliphatic carbocycles. The van der Waals surface area contributed by atoms with E-state index >= 15 is 0 Å². The molecule has 0 aromatic heterocycles. The molecule has 1 N–H and O–H groups in total. The van der Waals surface area contributed by atoms with Gasteiger partial charge in [-0.05, 0) is 38.7 Å². The molecule has 0 bridgehead atoms. The molecular formula is C21H32N2O7S. The van der Waals surface area contributed by atoms with E-state index in [1.54, 1.807) is 12.1 Å². The summed E-state index contributed by atoms with van der Waals surface area (Å²) >= 11 is 0. The van der Waals surface area contributed by atoms with Gasteiger partial charge >= 0.3 is 6.09 Å². The average molecular weight is 457 g/mol.